The Morgan fingerprint density at radius 2 is 1.63 bits per heavy atom. The van der Waals surface area contributed by atoms with Gasteiger partial charge in [-0.2, -0.15) is 0 Å². The Labute approximate surface area is 234 Å². The molecule has 0 spiro atoms. The van der Waals surface area contributed by atoms with Crippen LogP contribution < -0.4 is 9.64 Å². The number of halogens is 1. The van der Waals surface area contributed by atoms with Gasteiger partial charge in [-0.3, -0.25) is 14.5 Å². The number of rotatable bonds is 7. The minimum atomic E-state index is -0.153. The van der Waals surface area contributed by atoms with E-state index in [1.54, 1.807) is 13.3 Å². The third-order valence-electron chi connectivity index (χ3n) is 9.76. The molecule has 0 unspecified atom stereocenters. The van der Waals surface area contributed by atoms with Crippen molar-refractivity contribution in [2.24, 2.45) is 17.3 Å². The fourth-order valence-electron chi connectivity index (χ4n) is 7.25. The molecule has 38 heavy (non-hydrogen) atoms. The van der Waals surface area contributed by atoms with Crippen molar-refractivity contribution in [1.29, 1.82) is 0 Å². The van der Waals surface area contributed by atoms with E-state index in [0.29, 0.717) is 19.4 Å². The zero-order valence-corrected chi connectivity index (χ0v) is 24.4. The molecular weight excluding hydrogens is 544 g/mol. The molecule has 4 saturated carbocycles. The van der Waals surface area contributed by atoms with Crippen molar-refractivity contribution in [1.82, 2.24) is 4.98 Å². The number of fused-ring (bicyclic) bond motifs is 3. The van der Waals surface area contributed by atoms with Crippen LogP contribution in [0, 0.1) is 24.2 Å². The first-order chi connectivity index (χ1) is 18.3. The topological polar surface area (TPSA) is 68.7 Å². The second kappa shape index (κ2) is 11.0. The number of benzene rings is 1. The average Bonchev–Trinajstić information content (AvgIpc) is 2.96. The molecule has 1 amide bonds. The first-order valence-electron chi connectivity index (χ1n) is 13.9. The number of pyridine rings is 1. The summed E-state index contributed by atoms with van der Waals surface area (Å²) >= 11 is 3.58. The van der Waals surface area contributed by atoms with E-state index < -0.39 is 0 Å². The number of ether oxygens (including phenoxy) is 2. The van der Waals surface area contributed by atoms with Gasteiger partial charge in [0.25, 0.3) is 0 Å². The molecule has 1 heterocycles. The van der Waals surface area contributed by atoms with Gasteiger partial charge in [0.1, 0.15) is 11.6 Å². The predicted octanol–water partition coefficient (Wildman–Crippen LogP) is 6.77. The molecule has 1 aromatic heterocycles. The molecule has 2 bridgehead atoms. The summed E-state index contributed by atoms with van der Waals surface area (Å²) in [5.74, 6) is 1.50. The van der Waals surface area contributed by atoms with Crippen LogP contribution in [0.2, 0.25) is 0 Å². The van der Waals surface area contributed by atoms with Crippen molar-refractivity contribution in [3.05, 3.63) is 52.1 Å². The van der Waals surface area contributed by atoms with Gasteiger partial charge >= 0.3 is 5.97 Å². The minimum absolute atomic E-state index is 0.0818. The molecule has 204 valence electrons. The summed E-state index contributed by atoms with van der Waals surface area (Å²) in [6.45, 7) is 2.84. The highest BCUT2D eigenvalue weighted by molar-refractivity contribution is 9.10. The van der Waals surface area contributed by atoms with Crippen molar-refractivity contribution in [3.63, 3.8) is 0 Å². The number of nitrogens with zero attached hydrogens (tertiary/aromatic N) is 2. The molecule has 1 aromatic carbocycles. The summed E-state index contributed by atoms with van der Waals surface area (Å²) in [5, 5.41) is 0. The summed E-state index contributed by atoms with van der Waals surface area (Å²) in [6.07, 6.45) is 11.4. The van der Waals surface area contributed by atoms with Crippen LogP contribution in [0.25, 0.3) is 0 Å². The van der Waals surface area contributed by atoms with E-state index in [1.807, 2.05) is 17.0 Å². The second-order valence-corrected chi connectivity index (χ2v) is 12.7. The van der Waals surface area contributed by atoms with Gasteiger partial charge in [0.15, 0.2) is 0 Å². The maximum atomic E-state index is 14.0. The zero-order chi connectivity index (χ0) is 26.9. The molecule has 4 aliphatic carbocycles. The Kier molecular flexibility index (Phi) is 7.86. The van der Waals surface area contributed by atoms with Gasteiger partial charge < -0.3 is 9.47 Å². The largest absolute Gasteiger partial charge is 0.496 e. The van der Waals surface area contributed by atoms with Crippen LogP contribution in [0.4, 0.5) is 5.82 Å². The van der Waals surface area contributed by atoms with Gasteiger partial charge in [-0.05, 0) is 111 Å². The molecule has 0 atom stereocenters. The number of carbonyl (C=O) groups is 2. The molecule has 0 radical (unpaired) electrons. The van der Waals surface area contributed by atoms with Crippen LogP contribution in [0.3, 0.4) is 0 Å². The Hall–Kier alpha value is -2.41. The summed E-state index contributed by atoms with van der Waals surface area (Å²) in [7, 11) is 3.17. The van der Waals surface area contributed by atoms with E-state index in [1.165, 1.54) is 18.2 Å². The average molecular weight is 584 g/mol. The standard InChI is InChI=1S/C31H39BrN2O4/c1-21-18-24(8-9-26(21)37-2)31-14-11-30(12-15-31,13-16-31)20-34(27-19-25(32)10-17-33-27)28(35)22-4-6-23(7-5-22)29(36)38-3/h8-10,17-19,22-23H,4-7,11-16,20H2,1-3H3/t22-,23-,30?,31?. The maximum Gasteiger partial charge on any atom is 0.308 e. The van der Waals surface area contributed by atoms with E-state index >= 15 is 0 Å². The maximum absolute atomic E-state index is 14.0. The normalized spacial score (nSPS) is 28.5. The number of anilines is 1. The van der Waals surface area contributed by atoms with Crippen LogP contribution in [0.1, 0.15) is 75.3 Å². The predicted molar refractivity (Wildman–Crippen MR) is 151 cm³/mol. The molecule has 6 nitrogen and oxygen atoms in total. The van der Waals surface area contributed by atoms with Crippen LogP contribution in [-0.2, 0) is 19.7 Å². The van der Waals surface area contributed by atoms with Crippen LogP contribution in [0.15, 0.2) is 41.0 Å². The van der Waals surface area contributed by atoms with Gasteiger partial charge in [-0.1, -0.05) is 28.1 Å². The number of esters is 1. The highest BCUT2D eigenvalue weighted by Crippen LogP contribution is 2.58. The Morgan fingerprint density at radius 3 is 2.21 bits per heavy atom. The molecule has 0 N–H and O–H groups in total. The van der Waals surface area contributed by atoms with Crippen LogP contribution >= 0.6 is 15.9 Å². The lowest BCUT2D eigenvalue weighted by Crippen LogP contribution is -2.52. The van der Waals surface area contributed by atoms with Gasteiger partial charge in [-0.25, -0.2) is 4.98 Å². The van der Waals surface area contributed by atoms with Crippen LogP contribution in [-0.4, -0.2) is 37.6 Å². The number of methoxy groups -OCH3 is 2. The lowest BCUT2D eigenvalue weighted by Gasteiger charge is -2.55. The summed E-state index contributed by atoms with van der Waals surface area (Å²) in [6, 6.07) is 10.6. The third-order valence-corrected chi connectivity index (χ3v) is 10.3. The van der Waals surface area contributed by atoms with Crippen molar-refractivity contribution in [2.45, 2.75) is 76.5 Å². The van der Waals surface area contributed by atoms with Crippen LogP contribution in [0.5, 0.6) is 5.75 Å². The first-order valence-corrected chi connectivity index (χ1v) is 14.7. The number of carbonyl (C=O) groups excluding carboxylic acids is 2. The van der Waals surface area contributed by atoms with Gasteiger partial charge in [0.2, 0.25) is 5.91 Å². The van der Waals surface area contributed by atoms with E-state index in [-0.39, 0.29) is 34.5 Å². The van der Waals surface area contributed by atoms with Crippen molar-refractivity contribution < 1.29 is 19.1 Å². The lowest BCUT2D eigenvalue weighted by molar-refractivity contribution is -0.147. The number of aryl methyl sites for hydroxylation is 1. The van der Waals surface area contributed by atoms with Gasteiger partial charge in [0, 0.05) is 23.1 Å². The lowest BCUT2D eigenvalue weighted by atomic mass is 9.51. The van der Waals surface area contributed by atoms with Gasteiger partial charge in [-0.15, -0.1) is 0 Å². The number of hydrogen-bond acceptors (Lipinski definition) is 5. The third kappa shape index (κ3) is 5.23. The quantitative estimate of drug-likeness (QED) is 0.337. The fourth-order valence-corrected chi connectivity index (χ4v) is 7.58. The molecule has 6 rings (SSSR count). The molecule has 7 heteroatoms. The SMILES string of the molecule is COc1ccc(C23CCC(CN(c4cc(Br)ccn4)C(=O)[C@H]4CC[C@H](C(=O)OC)CC4)(CC2)CC3)cc1C. The zero-order valence-electron chi connectivity index (χ0n) is 22.8. The number of amides is 1. The Morgan fingerprint density at radius 1 is 0.974 bits per heavy atom. The van der Waals surface area contributed by atoms with E-state index in [9.17, 15) is 9.59 Å². The van der Waals surface area contributed by atoms with E-state index in [4.69, 9.17) is 9.47 Å². The summed E-state index contributed by atoms with van der Waals surface area (Å²) < 4.78 is 11.4. The smallest absolute Gasteiger partial charge is 0.308 e. The number of hydrogen-bond donors (Lipinski definition) is 0. The highest BCUT2D eigenvalue weighted by atomic mass is 79.9. The molecule has 2 aromatic rings. The Bertz CT molecular complexity index is 1170. The van der Waals surface area contributed by atoms with Crippen molar-refractivity contribution >= 4 is 33.6 Å². The van der Waals surface area contributed by atoms with Crippen molar-refractivity contribution in [3.8, 4) is 5.75 Å². The second-order valence-electron chi connectivity index (χ2n) is 11.8. The first kappa shape index (κ1) is 27.2. The van der Waals surface area contributed by atoms with Gasteiger partial charge in [0.05, 0.1) is 20.1 Å². The minimum Gasteiger partial charge on any atom is -0.496 e. The summed E-state index contributed by atoms with van der Waals surface area (Å²) in [5.41, 5.74) is 2.98. The fraction of sp³-hybridized carbons (Fsp3) is 0.581. The molecule has 0 aliphatic heterocycles. The number of aromatic nitrogens is 1. The summed E-state index contributed by atoms with van der Waals surface area (Å²) in [4.78, 5) is 32.7. The molecule has 0 saturated heterocycles. The van der Waals surface area contributed by atoms with E-state index in [2.05, 4.69) is 46.0 Å². The highest BCUT2D eigenvalue weighted by Gasteiger charge is 2.51. The molecular formula is C31H39BrN2O4. The van der Waals surface area contributed by atoms with E-state index in [0.717, 1.165) is 67.4 Å². The molecule has 4 fully saturated rings. The molecule has 4 aliphatic rings. The Balaban J connectivity index is 1.33. The van der Waals surface area contributed by atoms with Crippen molar-refractivity contribution in [2.75, 3.05) is 25.7 Å². The monoisotopic (exact) mass is 582 g/mol.